The highest BCUT2D eigenvalue weighted by Crippen LogP contribution is 2.17. The van der Waals surface area contributed by atoms with E-state index in [-0.39, 0.29) is 11.5 Å². The Morgan fingerprint density at radius 3 is 2.36 bits per heavy atom. The lowest BCUT2D eigenvalue weighted by atomic mass is 9.92. The molecule has 1 aromatic rings. The Morgan fingerprint density at radius 2 is 1.84 bits per heavy atom. The topological polar surface area (TPSA) is 92.5 Å². The second kappa shape index (κ2) is 8.89. The van der Waals surface area contributed by atoms with Crippen LogP contribution < -0.4 is 10.6 Å². The molecule has 7 heteroatoms. The molecule has 0 aromatic carbocycles. The monoisotopic (exact) mass is 353 g/mol. The molecule has 7 nitrogen and oxygen atoms in total. The van der Waals surface area contributed by atoms with Crippen molar-refractivity contribution in [2.75, 3.05) is 13.7 Å². The summed E-state index contributed by atoms with van der Waals surface area (Å²) in [6.07, 6.45) is 2.90. The SMILES string of the molecule is CCC(CC)(CNC(=O)OC(C)(C)C)NCc1[nH]ccc1C(=O)OC. The zero-order valence-corrected chi connectivity index (χ0v) is 16.1. The number of H-pyrrole nitrogens is 1. The maximum atomic E-state index is 11.9. The lowest BCUT2D eigenvalue weighted by Gasteiger charge is -2.33. The zero-order valence-electron chi connectivity index (χ0n) is 16.1. The van der Waals surface area contributed by atoms with Crippen LogP contribution in [0, 0.1) is 0 Å². The van der Waals surface area contributed by atoms with Gasteiger partial charge in [-0.1, -0.05) is 13.8 Å². The third-order valence-electron chi connectivity index (χ3n) is 4.20. The van der Waals surface area contributed by atoms with Crippen LogP contribution in [-0.2, 0) is 16.0 Å². The molecule has 1 rings (SSSR count). The van der Waals surface area contributed by atoms with Crippen LogP contribution in [-0.4, -0.2) is 41.8 Å². The number of carbonyl (C=O) groups excluding carboxylic acids is 2. The van der Waals surface area contributed by atoms with Crippen molar-refractivity contribution in [2.24, 2.45) is 0 Å². The summed E-state index contributed by atoms with van der Waals surface area (Å²) in [7, 11) is 1.36. The van der Waals surface area contributed by atoms with Gasteiger partial charge < -0.3 is 25.1 Å². The Morgan fingerprint density at radius 1 is 1.20 bits per heavy atom. The van der Waals surface area contributed by atoms with E-state index in [0.717, 1.165) is 18.5 Å². The molecule has 0 saturated carbocycles. The van der Waals surface area contributed by atoms with Crippen LogP contribution in [0.5, 0.6) is 0 Å². The molecule has 0 bridgehead atoms. The fourth-order valence-corrected chi connectivity index (χ4v) is 2.50. The highest BCUT2D eigenvalue weighted by molar-refractivity contribution is 5.90. The Hall–Kier alpha value is -2.02. The van der Waals surface area contributed by atoms with Crippen LogP contribution in [0.4, 0.5) is 4.79 Å². The number of aromatic nitrogens is 1. The van der Waals surface area contributed by atoms with Gasteiger partial charge >= 0.3 is 12.1 Å². The van der Waals surface area contributed by atoms with Crippen molar-refractivity contribution in [2.45, 2.75) is 65.1 Å². The number of nitrogens with one attached hydrogen (secondary N) is 3. The Kier molecular flexibility index (Phi) is 7.48. The van der Waals surface area contributed by atoms with E-state index in [1.54, 1.807) is 12.3 Å². The highest BCUT2D eigenvalue weighted by atomic mass is 16.6. The van der Waals surface area contributed by atoms with Gasteiger partial charge in [0.25, 0.3) is 0 Å². The number of aromatic amines is 1. The van der Waals surface area contributed by atoms with E-state index in [4.69, 9.17) is 9.47 Å². The van der Waals surface area contributed by atoms with Gasteiger partial charge in [-0.05, 0) is 39.7 Å². The van der Waals surface area contributed by atoms with E-state index in [9.17, 15) is 9.59 Å². The second-order valence-electron chi connectivity index (χ2n) is 7.06. The molecular formula is C18H31N3O4. The smallest absolute Gasteiger partial charge is 0.407 e. The summed E-state index contributed by atoms with van der Waals surface area (Å²) >= 11 is 0. The van der Waals surface area contributed by atoms with Crippen molar-refractivity contribution in [3.63, 3.8) is 0 Å². The van der Waals surface area contributed by atoms with Crippen molar-refractivity contribution in [3.8, 4) is 0 Å². The number of hydrogen-bond acceptors (Lipinski definition) is 5. The number of alkyl carbamates (subject to hydrolysis) is 1. The fraction of sp³-hybridized carbons (Fsp3) is 0.667. The zero-order chi connectivity index (χ0) is 19.1. The number of esters is 1. The standard InChI is InChI=1S/C18H31N3O4/c1-7-18(8-2,12-20-16(23)25-17(3,4)5)21-11-14-13(9-10-19-14)15(22)24-6/h9-10,19,21H,7-8,11-12H2,1-6H3,(H,20,23). The summed E-state index contributed by atoms with van der Waals surface area (Å²) in [6.45, 7) is 10.5. The quantitative estimate of drug-likeness (QED) is 0.625. The van der Waals surface area contributed by atoms with Crippen LogP contribution in [0.3, 0.4) is 0 Å². The van der Waals surface area contributed by atoms with E-state index in [1.165, 1.54) is 7.11 Å². The molecule has 0 spiro atoms. The molecular weight excluding hydrogens is 322 g/mol. The largest absolute Gasteiger partial charge is 0.465 e. The summed E-state index contributed by atoms with van der Waals surface area (Å²) < 4.78 is 10.1. The van der Waals surface area contributed by atoms with Gasteiger partial charge in [0.05, 0.1) is 12.7 Å². The van der Waals surface area contributed by atoms with Gasteiger partial charge in [0.1, 0.15) is 5.60 Å². The molecule has 0 aliphatic rings. The Labute approximate surface area is 149 Å². The van der Waals surface area contributed by atoms with E-state index in [1.807, 2.05) is 20.8 Å². The lowest BCUT2D eigenvalue weighted by molar-refractivity contribution is 0.0506. The molecule has 0 radical (unpaired) electrons. The first-order chi connectivity index (χ1) is 11.7. The molecule has 0 fully saturated rings. The van der Waals surface area contributed by atoms with E-state index in [2.05, 4.69) is 29.5 Å². The van der Waals surface area contributed by atoms with Crippen molar-refractivity contribution in [1.82, 2.24) is 15.6 Å². The van der Waals surface area contributed by atoms with Crippen molar-refractivity contribution >= 4 is 12.1 Å². The summed E-state index contributed by atoms with van der Waals surface area (Å²) in [5, 5.41) is 6.30. The average molecular weight is 353 g/mol. The van der Waals surface area contributed by atoms with Crippen LogP contribution in [0.1, 0.15) is 63.5 Å². The van der Waals surface area contributed by atoms with Gasteiger partial charge in [0.15, 0.2) is 0 Å². The molecule has 142 valence electrons. The van der Waals surface area contributed by atoms with Gasteiger partial charge in [-0.3, -0.25) is 0 Å². The van der Waals surface area contributed by atoms with Crippen molar-refractivity contribution in [1.29, 1.82) is 0 Å². The van der Waals surface area contributed by atoms with Gasteiger partial charge in [0.2, 0.25) is 0 Å². The fourth-order valence-electron chi connectivity index (χ4n) is 2.50. The number of carbonyl (C=O) groups is 2. The van der Waals surface area contributed by atoms with Crippen molar-refractivity contribution in [3.05, 3.63) is 23.5 Å². The predicted molar refractivity (Wildman–Crippen MR) is 96.5 cm³/mol. The summed E-state index contributed by atoms with van der Waals surface area (Å²) in [4.78, 5) is 26.7. The molecule has 1 heterocycles. The van der Waals surface area contributed by atoms with Crippen molar-refractivity contribution < 1.29 is 19.1 Å². The minimum atomic E-state index is -0.529. The van der Waals surface area contributed by atoms with Crippen LogP contribution in [0.15, 0.2) is 12.3 Å². The predicted octanol–water partition coefficient (Wildman–Crippen LogP) is 2.97. The van der Waals surface area contributed by atoms with E-state index < -0.39 is 11.7 Å². The minimum Gasteiger partial charge on any atom is -0.465 e. The second-order valence-corrected chi connectivity index (χ2v) is 7.06. The highest BCUT2D eigenvalue weighted by Gasteiger charge is 2.28. The first-order valence-electron chi connectivity index (χ1n) is 8.63. The average Bonchev–Trinajstić information content (AvgIpc) is 3.02. The minimum absolute atomic E-state index is 0.296. The third-order valence-corrected chi connectivity index (χ3v) is 4.20. The molecule has 0 aliphatic heterocycles. The molecule has 3 N–H and O–H groups in total. The Balaban J connectivity index is 2.71. The first-order valence-corrected chi connectivity index (χ1v) is 8.63. The molecule has 25 heavy (non-hydrogen) atoms. The van der Waals surface area contributed by atoms with Gasteiger partial charge in [-0.15, -0.1) is 0 Å². The van der Waals surface area contributed by atoms with Gasteiger partial charge in [-0.25, -0.2) is 9.59 Å². The molecule has 0 atom stereocenters. The van der Waals surface area contributed by atoms with Gasteiger partial charge in [0, 0.05) is 30.5 Å². The van der Waals surface area contributed by atoms with Crippen LogP contribution in [0.25, 0.3) is 0 Å². The van der Waals surface area contributed by atoms with E-state index in [0.29, 0.717) is 18.7 Å². The number of rotatable bonds is 8. The third kappa shape index (κ3) is 6.42. The lowest BCUT2D eigenvalue weighted by Crippen LogP contribution is -2.53. The molecule has 0 saturated heterocycles. The molecule has 1 aromatic heterocycles. The molecule has 1 amide bonds. The number of methoxy groups -OCH3 is 1. The van der Waals surface area contributed by atoms with E-state index >= 15 is 0 Å². The maximum absolute atomic E-state index is 11.9. The number of amides is 1. The summed E-state index contributed by atoms with van der Waals surface area (Å²) in [5.74, 6) is -0.372. The van der Waals surface area contributed by atoms with Crippen LogP contribution >= 0.6 is 0 Å². The normalized spacial score (nSPS) is 11.9. The summed E-state index contributed by atoms with van der Waals surface area (Å²) in [6, 6.07) is 1.70. The number of hydrogen-bond donors (Lipinski definition) is 3. The molecule has 0 aliphatic carbocycles. The molecule has 0 unspecified atom stereocenters. The first kappa shape index (κ1) is 21.0. The van der Waals surface area contributed by atoms with Gasteiger partial charge in [-0.2, -0.15) is 0 Å². The number of ether oxygens (including phenoxy) is 2. The summed E-state index contributed by atoms with van der Waals surface area (Å²) in [5.41, 5.74) is 0.444. The van der Waals surface area contributed by atoms with Crippen LogP contribution in [0.2, 0.25) is 0 Å². The maximum Gasteiger partial charge on any atom is 0.407 e. The Bertz CT molecular complexity index is 571.